The van der Waals surface area contributed by atoms with E-state index in [1.54, 1.807) is 31.4 Å². The molecule has 2 aromatic carbocycles. The van der Waals surface area contributed by atoms with Gasteiger partial charge >= 0.3 is 0 Å². The molecule has 0 amide bonds. The summed E-state index contributed by atoms with van der Waals surface area (Å²) in [6.45, 7) is 3.60. The number of Topliss-reactive ketones (excluding diaryl/α,β-unsaturated/α-hetero) is 1. The second kappa shape index (κ2) is 6.14. The second-order valence-electron chi connectivity index (χ2n) is 9.22. The molecule has 8 nitrogen and oxygen atoms in total. The largest absolute Gasteiger partial charge is 0.495 e. The fourth-order valence-corrected chi connectivity index (χ4v) is 6.14. The third-order valence-electron chi connectivity index (χ3n) is 7.49. The minimum absolute atomic E-state index is 0.0977. The van der Waals surface area contributed by atoms with Crippen LogP contribution in [-0.4, -0.2) is 31.7 Å². The Balaban J connectivity index is 1.45. The Kier molecular flexibility index (Phi) is 3.52. The van der Waals surface area contributed by atoms with Crippen LogP contribution < -0.4 is 24.4 Å². The molecule has 4 atom stereocenters. The molecule has 8 heteroatoms. The number of ether oxygens (including phenoxy) is 4. The van der Waals surface area contributed by atoms with E-state index in [-0.39, 0.29) is 17.1 Å². The molecule has 0 spiro atoms. The molecule has 172 valence electrons. The van der Waals surface area contributed by atoms with E-state index in [4.69, 9.17) is 27.8 Å². The summed E-state index contributed by atoms with van der Waals surface area (Å²) in [4.78, 5) is 26.8. The lowest BCUT2D eigenvalue weighted by Gasteiger charge is -2.56. The number of ketones is 1. The van der Waals surface area contributed by atoms with Crippen LogP contribution in [0.15, 0.2) is 44.2 Å². The lowest BCUT2D eigenvalue weighted by atomic mass is 9.54. The third kappa shape index (κ3) is 2.09. The van der Waals surface area contributed by atoms with Crippen LogP contribution in [0.3, 0.4) is 0 Å². The van der Waals surface area contributed by atoms with Crippen LogP contribution in [-0.2, 0) is 0 Å². The minimum Gasteiger partial charge on any atom is -0.495 e. The molecule has 3 aliphatic rings. The van der Waals surface area contributed by atoms with Crippen LogP contribution in [0.4, 0.5) is 0 Å². The summed E-state index contributed by atoms with van der Waals surface area (Å²) < 4.78 is 35.5. The van der Waals surface area contributed by atoms with Gasteiger partial charge in [-0.2, -0.15) is 0 Å². The number of benzene rings is 2. The van der Waals surface area contributed by atoms with Crippen LogP contribution in [0, 0.1) is 12.8 Å². The Bertz CT molecular complexity index is 1630. The number of fused-ring (bicyclic) bond motifs is 9. The van der Waals surface area contributed by atoms with Crippen LogP contribution in [0.5, 0.6) is 23.0 Å². The zero-order chi connectivity index (χ0) is 23.5. The normalized spacial score (nSPS) is 26.1. The molecule has 1 fully saturated rings. The first-order valence-electron chi connectivity index (χ1n) is 11.0. The Labute approximate surface area is 192 Å². The number of aryl methyl sites for hydroxylation is 1. The molecule has 4 heterocycles. The minimum atomic E-state index is -0.913. The molecule has 34 heavy (non-hydrogen) atoms. The molecular formula is C26H20O8. The highest BCUT2D eigenvalue weighted by atomic mass is 16.6. The van der Waals surface area contributed by atoms with Gasteiger partial charge in [-0.15, -0.1) is 0 Å². The van der Waals surface area contributed by atoms with Crippen molar-refractivity contribution in [2.45, 2.75) is 31.5 Å². The molecule has 4 aromatic rings. The van der Waals surface area contributed by atoms with E-state index in [0.29, 0.717) is 61.8 Å². The number of carbonyl (C=O) groups excluding carboxylic acids is 1. The zero-order valence-corrected chi connectivity index (χ0v) is 18.9. The maximum atomic E-state index is 14.0. The van der Waals surface area contributed by atoms with Crippen molar-refractivity contribution in [2.24, 2.45) is 5.92 Å². The molecule has 7 rings (SSSR count). The summed E-state index contributed by atoms with van der Waals surface area (Å²) in [7, 11) is 3.03. The van der Waals surface area contributed by atoms with Gasteiger partial charge < -0.3 is 27.8 Å². The fourth-order valence-electron chi connectivity index (χ4n) is 6.14. The Hall–Kier alpha value is -3.94. The summed E-state index contributed by atoms with van der Waals surface area (Å²) in [5.41, 5.74) is 0.925. The second-order valence-corrected chi connectivity index (χ2v) is 9.22. The highest BCUT2D eigenvalue weighted by Gasteiger charge is 2.72. The summed E-state index contributed by atoms with van der Waals surface area (Å²) in [5, 5.41) is 1.05. The van der Waals surface area contributed by atoms with Crippen molar-refractivity contribution in [3.63, 3.8) is 0 Å². The SMILES string of the molecule is COc1c2c(cc3occc13)OC1(C)C3Oc4cc5oc(C)cc(=O)c5c(OC)c4C3C1C2=O. The summed E-state index contributed by atoms with van der Waals surface area (Å²) in [6, 6.07) is 6.63. The monoisotopic (exact) mass is 460 g/mol. The molecular weight excluding hydrogens is 440 g/mol. The van der Waals surface area contributed by atoms with Crippen LogP contribution >= 0.6 is 0 Å². The lowest BCUT2D eigenvalue weighted by Crippen LogP contribution is -2.70. The molecule has 2 aromatic heterocycles. The molecule has 0 N–H and O–H groups in total. The Morgan fingerprint density at radius 3 is 2.53 bits per heavy atom. The van der Waals surface area contributed by atoms with E-state index < -0.39 is 17.6 Å². The summed E-state index contributed by atoms with van der Waals surface area (Å²) in [5.74, 6) is 1.25. The van der Waals surface area contributed by atoms with Gasteiger partial charge in [-0.05, 0) is 19.9 Å². The maximum absolute atomic E-state index is 14.0. The van der Waals surface area contributed by atoms with Gasteiger partial charge in [-0.1, -0.05) is 0 Å². The molecule has 1 aliphatic carbocycles. The molecule has 0 bridgehead atoms. The van der Waals surface area contributed by atoms with Crippen molar-refractivity contribution in [2.75, 3.05) is 14.2 Å². The quantitative estimate of drug-likeness (QED) is 0.435. The van der Waals surface area contributed by atoms with E-state index in [1.165, 1.54) is 20.3 Å². The highest BCUT2D eigenvalue weighted by molar-refractivity contribution is 6.10. The van der Waals surface area contributed by atoms with Crippen molar-refractivity contribution < 1.29 is 32.6 Å². The van der Waals surface area contributed by atoms with Gasteiger partial charge in [0.25, 0.3) is 0 Å². The van der Waals surface area contributed by atoms with E-state index in [9.17, 15) is 9.59 Å². The summed E-state index contributed by atoms with van der Waals surface area (Å²) in [6.07, 6.45) is 1.11. The number of hydrogen-bond acceptors (Lipinski definition) is 8. The Morgan fingerprint density at radius 1 is 1.00 bits per heavy atom. The van der Waals surface area contributed by atoms with E-state index in [1.807, 2.05) is 6.92 Å². The third-order valence-corrected chi connectivity index (χ3v) is 7.49. The molecule has 1 saturated carbocycles. The molecule has 2 aliphatic heterocycles. The number of methoxy groups -OCH3 is 2. The standard InChI is InChI=1S/C26H20O8/c1-10-7-12(27)17-14(32-10)9-15-18(24(17)30-4)20-21-22(28)19-16(34-26(21,2)25(20)33-15)8-13-11(5-6-31-13)23(19)29-3/h5-9,20-21,25H,1-4H3. The first-order valence-corrected chi connectivity index (χ1v) is 11.0. The van der Waals surface area contributed by atoms with Crippen LogP contribution in [0.25, 0.3) is 21.9 Å². The highest BCUT2D eigenvalue weighted by Crippen LogP contribution is 2.65. The van der Waals surface area contributed by atoms with Gasteiger partial charge in [0.15, 0.2) is 16.8 Å². The van der Waals surface area contributed by atoms with Gasteiger partial charge in [0.05, 0.1) is 31.8 Å². The number of rotatable bonds is 2. The van der Waals surface area contributed by atoms with Crippen LogP contribution in [0.1, 0.15) is 34.5 Å². The number of hydrogen-bond donors (Lipinski definition) is 0. The smallest absolute Gasteiger partial charge is 0.196 e. The Morgan fingerprint density at radius 2 is 1.76 bits per heavy atom. The van der Waals surface area contributed by atoms with E-state index in [0.717, 1.165) is 0 Å². The van der Waals surface area contributed by atoms with Gasteiger partial charge in [0.1, 0.15) is 57.0 Å². The van der Waals surface area contributed by atoms with Crippen molar-refractivity contribution in [1.29, 1.82) is 0 Å². The van der Waals surface area contributed by atoms with Crippen molar-refractivity contribution in [1.82, 2.24) is 0 Å². The fraction of sp³-hybridized carbons (Fsp3) is 0.308. The molecule has 0 radical (unpaired) electrons. The van der Waals surface area contributed by atoms with Crippen molar-refractivity contribution in [3.05, 3.63) is 57.6 Å². The van der Waals surface area contributed by atoms with Gasteiger partial charge in [0.2, 0.25) is 0 Å². The average molecular weight is 460 g/mol. The average Bonchev–Trinajstić information content (AvgIpc) is 3.39. The lowest BCUT2D eigenvalue weighted by molar-refractivity contribution is -0.143. The van der Waals surface area contributed by atoms with E-state index in [2.05, 4.69) is 0 Å². The molecule has 4 unspecified atom stereocenters. The van der Waals surface area contributed by atoms with Crippen LogP contribution in [0.2, 0.25) is 0 Å². The first-order chi connectivity index (χ1) is 16.4. The van der Waals surface area contributed by atoms with Crippen molar-refractivity contribution >= 4 is 27.7 Å². The predicted molar refractivity (Wildman–Crippen MR) is 121 cm³/mol. The van der Waals surface area contributed by atoms with E-state index >= 15 is 0 Å². The number of carbonyl (C=O) groups is 1. The van der Waals surface area contributed by atoms with Gasteiger partial charge in [0, 0.05) is 29.7 Å². The van der Waals surface area contributed by atoms with Gasteiger partial charge in [-0.25, -0.2) is 0 Å². The maximum Gasteiger partial charge on any atom is 0.196 e. The zero-order valence-electron chi connectivity index (χ0n) is 18.9. The molecule has 0 saturated heterocycles. The number of furan rings is 1. The summed E-state index contributed by atoms with van der Waals surface area (Å²) >= 11 is 0. The van der Waals surface area contributed by atoms with Gasteiger partial charge in [-0.3, -0.25) is 9.59 Å². The van der Waals surface area contributed by atoms with Crippen molar-refractivity contribution in [3.8, 4) is 23.0 Å². The predicted octanol–water partition coefficient (Wildman–Crippen LogP) is 4.37. The topological polar surface area (TPSA) is 97.3 Å². The first kappa shape index (κ1) is 19.5.